The lowest BCUT2D eigenvalue weighted by molar-refractivity contribution is 0.109. The van der Waals surface area contributed by atoms with Crippen molar-refractivity contribution in [2.24, 2.45) is 0 Å². The van der Waals surface area contributed by atoms with Crippen molar-refractivity contribution in [1.82, 2.24) is 9.80 Å². The lowest BCUT2D eigenvalue weighted by Gasteiger charge is -2.38. The first-order chi connectivity index (χ1) is 7.81. The summed E-state index contributed by atoms with van der Waals surface area (Å²) in [5.74, 6) is 0. The second-order valence-corrected chi connectivity index (χ2v) is 5.08. The summed E-state index contributed by atoms with van der Waals surface area (Å²) in [5, 5.41) is 0. The smallest absolute Gasteiger partial charge is 0.0223 e. The lowest BCUT2D eigenvalue weighted by Crippen LogP contribution is -2.46. The van der Waals surface area contributed by atoms with Crippen LogP contribution in [0.4, 0.5) is 0 Å². The van der Waals surface area contributed by atoms with Gasteiger partial charge in [0.25, 0.3) is 0 Å². The Morgan fingerprint density at radius 2 is 1.75 bits per heavy atom. The normalized spacial score (nSPS) is 22.9. The van der Waals surface area contributed by atoms with Gasteiger partial charge in [0.2, 0.25) is 0 Å². The van der Waals surface area contributed by atoms with E-state index in [0.717, 1.165) is 6.04 Å². The number of rotatable bonds is 7. The van der Waals surface area contributed by atoms with Crippen molar-refractivity contribution in [2.75, 3.05) is 32.7 Å². The summed E-state index contributed by atoms with van der Waals surface area (Å²) >= 11 is 0. The van der Waals surface area contributed by atoms with Gasteiger partial charge in [-0.3, -0.25) is 4.90 Å². The van der Waals surface area contributed by atoms with Crippen LogP contribution in [0.3, 0.4) is 0 Å². The minimum Gasteiger partial charge on any atom is -0.302 e. The molecule has 1 unspecified atom stereocenters. The molecule has 0 aromatic rings. The van der Waals surface area contributed by atoms with Crippen LogP contribution in [0, 0.1) is 0 Å². The van der Waals surface area contributed by atoms with E-state index in [-0.39, 0.29) is 0 Å². The Labute approximate surface area is 102 Å². The Balaban J connectivity index is 2.40. The maximum Gasteiger partial charge on any atom is 0.0223 e. The molecule has 2 nitrogen and oxygen atoms in total. The zero-order valence-corrected chi connectivity index (χ0v) is 11.5. The van der Waals surface area contributed by atoms with Gasteiger partial charge >= 0.3 is 0 Å². The molecule has 0 aliphatic carbocycles. The topological polar surface area (TPSA) is 6.48 Å². The summed E-state index contributed by atoms with van der Waals surface area (Å²) in [6, 6.07) is 0.830. The van der Waals surface area contributed by atoms with Crippen LogP contribution in [-0.4, -0.2) is 48.6 Å². The Morgan fingerprint density at radius 1 is 1.06 bits per heavy atom. The highest BCUT2D eigenvalue weighted by molar-refractivity contribution is 4.79. The molecule has 1 aliphatic heterocycles. The summed E-state index contributed by atoms with van der Waals surface area (Å²) in [7, 11) is 0. The molecule has 1 heterocycles. The van der Waals surface area contributed by atoms with E-state index in [1.165, 1.54) is 64.8 Å². The van der Waals surface area contributed by atoms with Gasteiger partial charge in [0.15, 0.2) is 0 Å². The molecular formula is C14H30N2. The van der Waals surface area contributed by atoms with Gasteiger partial charge in [-0.25, -0.2) is 0 Å². The van der Waals surface area contributed by atoms with Crippen molar-refractivity contribution in [3.05, 3.63) is 0 Å². The molecule has 0 aromatic heterocycles. The van der Waals surface area contributed by atoms with Crippen LogP contribution in [0.25, 0.3) is 0 Å². The molecule has 1 saturated heterocycles. The van der Waals surface area contributed by atoms with Gasteiger partial charge in [-0.2, -0.15) is 0 Å². The van der Waals surface area contributed by atoms with E-state index < -0.39 is 0 Å². The standard InChI is InChI=1S/C14H30N2/c1-4-10-15(11-5-2)13-14-9-7-8-12-16(14)6-3/h14H,4-13H2,1-3H3. The molecule has 0 spiro atoms. The van der Waals surface area contributed by atoms with Gasteiger partial charge < -0.3 is 4.90 Å². The van der Waals surface area contributed by atoms with E-state index in [1.54, 1.807) is 0 Å². The average Bonchev–Trinajstić information content (AvgIpc) is 2.30. The average molecular weight is 226 g/mol. The first-order valence-corrected chi connectivity index (χ1v) is 7.28. The minimum absolute atomic E-state index is 0.830. The van der Waals surface area contributed by atoms with E-state index >= 15 is 0 Å². The minimum atomic E-state index is 0.830. The van der Waals surface area contributed by atoms with E-state index in [2.05, 4.69) is 30.6 Å². The Bertz CT molecular complexity index is 164. The van der Waals surface area contributed by atoms with Crippen molar-refractivity contribution in [1.29, 1.82) is 0 Å². The fourth-order valence-electron chi connectivity index (χ4n) is 2.91. The monoisotopic (exact) mass is 226 g/mol. The van der Waals surface area contributed by atoms with E-state index in [9.17, 15) is 0 Å². The number of hydrogen-bond acceptors (Lipinski definition) is 2. The number of likely N-dealkylation sites (tertiary alicyclic amines) is 1. The van der Waals surface area contributed by atoms with Gasteiger partial charge in [0.05, 0.1) is 0 Å². The van der Waals surface area contributed by atoms with Crippen molar-refractivity contribution >= 4 is 0 Å². The molecule has 16 heavy (non-hydrogen) atoms. The fraction of sp³-hybridized carbons (Fsp3) is 1.00. The number of nitrogens with zero attached hydrogens (tertiary/aromatic N) is 2. The van der Waals surface area contributed by atoms with Crippen LogP contribution in [0.1, 0.15) is 52.9 Å². The predicted molar refractivity (Wildman–Crippen MR) is 71.9 cm³/mol. The molecule has 1 atom stereocenters. The third-order valence-electron chi connectivity index (χ3n) is 3.70. The van der Waals surface area contributed by atoms with Crippen LogP contribution in [-0.2, 0) is 0 Å². The van der Waals surface area contributed by atoms with Crippen LogP contribution in [0.15, 0.2) is 0 Å². The van der Waals surface area contributed by atoms with Gasteiger partial charge in [0.1, 0.15) is 0 Å². The molecule has 0 radical (unpaired) electrons. The van der Waals surface area contributed by atoms with Crippen LogP contribution < -0.4 is 0 Å². The zero-order valence-electron chi connectivity index (χ0n) is 11.5. The molecule has 0 amide bonds. The van der Waals surface area contributed by atoms with Crippen molar-refractivity contribution in [2.45, 2.75) is 58.9 Å². The maximum atomic E-state index is 2.68. The summed E-state index contributed by atoms with van der Waals surface area (Å²) in [6.45, 7) is 13.3. The SMILES string of the molecule is CCCN(CCC)CC1CCCCN1CC. The second kappa shape index (κ2) is 8.08. The predicted octanol–water partition coefficient (Wildman–Crippen LogP) is 2.98. The van der Waals surface area contributed by atoms with Crippen LogP contribution in [0.5, 0.6) is 0 Å². The summed E-state index contributed by atoms with van der Waals surface area (Å²) < 4.78 is 0. The molecule has 0 bridgehead atoms. The second-order valence-electron chi connectivity index (χ2n) is 5.08. The molecular weight excluding hydrogens is 196 g/mol. The summed E-state index contributed by atoms with van der Waals surface area (Å²) in [5.41, 5.74) is 0. The van der Waals surface area contributed by atoms with E-state index in [0.29, 0.717) is 0 Å². The number of likely N-dealkylation sites (N-methyl/N-ethyl adjacent to an activating group) is 1. The van der Waals surface area contributed by atoms with Crippen molar-refractivity contribution in [3.63, 3.8) is 0 Å². The first-order valence-electron chi connectivity index (χ1n) is 7.28. The Morgan fingerprint density at radius 3 is 2.31 bits per heavy atom. The zero-order chi connectivity index (χ0) is 11.8. The van der Waals surface area contributed by atoms with Gasteiger partial charge in [-0.1, -0.05) is 27.2 Å². The molecule has 1 aliphatic rings. The quantitative estimate of drug-likeness (QED) is 0.658. The highest BCUT2D eigenvalue weighted by Gasteiger charge is 2.22. The van der Waals surface area contributed by atoms with Gasteiger partial charge in [-0.05, 0) is 51.9 Å². The molecule has 0 N–H and O–H groups in total. The Kier molecular flexibility index (Phi) is 7.06. The van der Waals surface area contributed by atoms with Gasteiger partial charge in [0, 0.05) is 12.6 Å². The molecule has 0 aromatic carbocycles. The van der Waals surface area contributed by atoms with E-state index in [4.69, 9.17) is 0 Å². The molecule has 96 valence electrons. The maximum absolute atomic E-state index is 2.68. The van der Waals surface area contributed by atoms with Crippen LogP contribution >= 0.6 is 0 Å². The molecule has 0 saturated carbocycles. The lowest BCUT2D eigenvalue weighted by atomic mass is 10.0. The Hall–Kier alpha value is -0.0800. The first kappa shape index (κ1) is 14.0. The fourth-order valence-corrected chi connectivity index (χ4v) is 2.91. The summed E-state index contributed by atoms with van der Waals surface area (Å²) in [6.07, 6.45) is 6.84. The van der Waals surface area contributed by atoms with Crippen LogP contribution in [0.2, 0.25) is 0 Å². The van der Waals surface area contributed by atoms with E-state index in [1.807, 2.05) is 0 Å². The molecule has 1 rings (SSSR count). The van der Waals surface area contributed by atoms with Crippen molar-refractivity contribution in [3.8, 4) is 0 Å². The van der Waals surface area contributed by atoms with Crippen molar-refractivity contribution < 1.29 is 0 Å². The molecule has 2 heteroatoms. The summed E-state index contributed by atoms with van der Waals surface area (Å²) in [4.78, 5) is 5.35. The number of hydrogen-bond donors (Lipinski definition) is 0. The third kappa shape index (κ3) is 4.42. The molecule has 1 fully saturated rings. The highest BCUT2D eigenvalue weighted by atomic mass is 15.2. The third-order valence-corrected chi connectivity index (χ3v) is 3.70. The number of piperidine rings is 1. The highest BCUT2D eigenvalue weighted by Crippen LogP contribution is 2.17. The largest absolute Gasteiger partial charge is 0.302 e. The van der Waals surface area contributed by atoms with Gasteiger partial charge in [-0.15, -0.1) is 0 Å².